The molecule has 5 aliphatic rings. The summed E-state index contributed by atoms with van der Waals surface area (Å²) in [5.41, 5.74) is 0.530. The Bertz CT molecular complexity index is 807. The maximum atomic E-state index is 12.2. The molecule has 0 unspecified atom stereocenters. The highest BCUT2D eigenvalue weighted by atomic mass is 32.2. The van der Waals surface area contributed by atoms with Crippen LogP contribution in [0.5, 0.6) is 0 Å². The molecule has 5 rings (SSSR count). The van der Waals surface area contributed by atoms with Gasteiger partial charge in [-0.2, -0.15) is 0 Å². The molecule has 0 radical (unpaired) electrons. The second-order valence-corrected chi connectivity index (χ2v) is 12.7. The van der Waals surface area contributed by atoms with Crippen LogP contribution in [0.1, 0.15) is 72.1 Å². The van der Waals surface area contributed by atoms with Crippen LogP contribution in [-0.2, 0) is 9.59 Å². The molecular weight excluding hydrogens is 396 g/mol. The number of carbonyl (C=O) groups is 2. The van der Waals surface area contributed by atoms with E-state index in [0.29, 0.717) is 48.9 Å². The number of thioether (sulfide) groups is 1. The van der Waals surface area contributed by atoms with E-state index < -0.39 is 5.60 Å². The lowest BCUT2D eigenvalue weighted by Crippen LogP contribution is -2.59. The number of fused-ring (bicyclic) bond motifs is 7. The number of aliphatic hydroxyl groups excluding tert-OH is 1. The number of aliphatic hydroxyl groups is 2. The third-order valence-electron chi connectivity index (χ3n) is 10.2. The van der Waals surface area contributed by atoms with Gasteiger partial charge in [0.25, 0.3) is 0 Å². The molecule has 9 atom stereocenters. The van der Waals surface area contributed by atoms with Gasteiger partial charge in [-0.1, -0.05) is 31.2 Å². The molecule has 0 aromatic heterocycles. The van der Waals surface area contributed by atoms with Crippen molar-refractivity contribution in [3.63, 3.8) is 0 Å². The molecule has 2 N–H and O–H groups in total. The maximum Gasteiger partial charge on any atom is 0.186 e. The fourth-order valence-corrected chi connectivity index (χ4v) is 9.97. The van der Waals surface area contributed by atoms with Gasteiger partial charge in [0.05, 0.1) is 5.60 Å². The first-order valence-corrected chi connectivity index (χ1v) is 12.8. The van der Waals surface area contributed by atoms with Gasteiger partial charge in [-0.25, -0.2) is 0 Å². The van der Waals surface area contributed by atoms with Crippen molar-refractivity contribution in [1.82, 2.24) is 0 Å². The zero-order chi connectivity index (χ0) is 21.5. The molecule has 4 fully saturated rings. The molecule has 4 saturated carbocycles. The lowest BCUT2D eigenvalue weighted by atomic mass is 9.45. The Balaban J connectivity index is 1.56. The van der Waals surface area contributed by atoms with Crippen LogP contribution in [0.15, 0.2) is 11.6 Å². The second-order valence-electron chi connectivity index (χ2n) is 11.3. The summed E-state index contributed by atoms with van der Waals surface area (Å²) < 4.78 is 0. The van der Waals surface area contributed by atoms with Crippen LogP contribution in [0.2, 0.25) is 0 Å². The average molecular weight is 433 g/mol. The molecular formula is C25H36O4S. The standard InChI is InChI=1S/C25H36O4S/c1-14(27)30-20-12-15-11-16(28)5-8-23(15,2)18-6-9-24(3)22(21(18)20)17-13-19(17)25(24,29)7-4-10-26/h11,17-22,26,29H,4-10,12-13H2,1-3H3/t17-,18-,19+,20+,21-,22-,23-,24-,25-/m0/s1. The molecule has 0 aliphatic heterocycles. The lowest BCUT2D eigenvalue weighted by Gasteiger charge is -2.62. The summed E-state index contributed by atoms with van der Waals surface area (Å²) in [5, 5.41) is 21.8. The average Bonchev–Trinajstić information content (AvgIpc) is 3.44. The topological polar surface area (TPSA) is 74.6 Å². The van der Waals surface area contributed by atoms with Crippen LogP contribution < -0.4 is 0 Å². The summed E-state index contributed by atoms with van der Waals surface area (Å²) in [6.45, 7) is 6.49. The third-order valence-corrected chi connectivity index (χ3v) is 11.3. The number of carbonyl (C=O) groups excluding carboxylic acids is 2. The van der Waals surface area contributed by atoms with Crippen molar-refractivity contribution in [2.75, 3.05) is 6.61 Å². The smallest absolute Gasteiger partial charge is 0.186 e. The molecule has 0 saturated heterocycles. The van der Waals surface area contributed by atoms with Gasteiger partial charge in [0.15, 0.2) is 10.9 Å². The van der Waals surface area contributed by atoms with E-state index in [2.05, 4.69) is 13.8 Å². The van der Waals surface area contributed by atoms with E-state index in [1.165, 1.54) is 17.3 Å². The van der Waals surface area contributed by atoms with Gasteiger partial charge in [0.2, 0.25) is 0 Å². The Hall–Kier alpha value is -0.650. The predicted octanol–water partition coefficient (Wildman–Crippen LogP) is 4.14. The largest absolute Gasteiger partial charge is 0.396 e. The van der Waals surface area contributed by atoms with E-state index in [9.17, 15) is 19.8 Å². The minimum Gasteiger partial charge on any atom is -0.396 e. The third kappa shape index (κ3) is 2.73. The highest BCUT2D eigenvalue weighted by Gasteiger charge is 2.76. The molecule has 30 heavy (non-hydrogen) atoms. The predicted molar refractivity (Wildman–Crippen MR) is 118 cm³/mol. The molecule has 0 spiro atoms. The highest BCUT2D eigenvalue weighted by Crippen LogP contribution is 2.78. The van der Waals surface area contributed by atoms with E-state index in [0.717, 1.165) is 32.1 Å². The summed E-state index contributed by atoms with van der Waals surface area (Å²) in [5.74, 6) is 2.51. The van der Waals surface area contributed by atoms with Crippen LogP contribution >= 0.6 is 11.8 Å². The van der Waals surface area contributed by atoms with Crippen LogP contribution in [-0.4, -0.2) is 38.6 Å². The van der Waals surface area contributed by atoms with Gasteiger partial charge in [-0.05, 0) is 86.0 Å². The molecule has 0 aromatic rings. The first-order chi connectivity index (χ1) is 14.2. The summed E-state index contributed by atoms with van der Waals surface area (Å²) in [7, 11) is 0. The van der Waals surface area contributed by atoms with Crippen molar-refractivity contribution >= 4 is 22.7 Å². The Kier molecular flexibility index (Phi) is 4.89. The van der Waals surface area contributed by atoms with Crippen molar-refractivity contribution in [3.8, 4) is 0 Å². The van der Waals surface area contributed by atoms with Gasteiger partial charge < -0.3 is 10.2 Å². The normalized spacial score (nSPS) is 51.4. The van der Waals surface area contributed by atoms with Gasteiger partial charge in [0.1, 0.15) is 0 Å². The Morgan fingerprint density at radius 3 is 2.73 bits per heavy atom. The molecule has 5 aliphatic carbocycles. The number of ketones is 1. The van der Waals surface area contributed by atoms with Crippen LogP contribution in [0.4, 0.5) is 0 Å². The lowest BCUT2D eigenvalue weighted by molar-refractivity contribution is -0.151. The van der Waals surface area contributed by atoms with E-state index in [1.807, 2.05) is 6.08 Å². The van der Waals surface area contributed by atoms with E-state index in [4.69, 9.17) is 0 Å². The first kappa shape index (κ1) is 21.2. The number of rotatable bonds is 4. The number of allylic oxidation sites excluding steroid dienone is 1. The first-order valence-electron chi connectivity index (χ1n) is 11.9. The van der Waals surface area contributed by atoms with Gasteiger partial charge in [0, 0.05) is 30.6 Å². The Labute approximate surface area is 184 Å². The second kappa shape index (κ2) is 6.92. The van der Waals surface area contributed by atoms with Crippen molar-refractivity contribution < 1.29 is 19.8 Å². The highest BCUT2D eigenvalue weighted by molar-refractivity contribution is 8.14. The number of hydrogen-bond acceptors (Lipinski definition) is 5. The van der Waals surface area contributed by atoms with Gasteiger partial charge >= 0.3 is 0 Å². The maximum absolute atomic E-state index is 12.2. The van der Waals surface area contributed by atoms with E-state index in [1.54, 1.807) is 6.92 Å². The minimum atomic E-state index is -0.680. The monoisotopic (exact) mass is 432 g/mol. The molecule has 5 heteroatoms. The molecule has 0 bridgehead atoms. The van der Waals surface area contributed by atoms with Crippen molar-refractivity contribution in [3.05, 3.63) is 11.6 Å². The Morgan fingerprint density at radius 2 is 2.03 bits per heavy atom. The van der Waals surface area contributed by atoms with Gasteiger partial charge in [-0.3, -0.25) is 9.59 Å². The zero-order valence-corrected chi connectivity index (χ0v) is 19.3. The molecule has 166 valence electrons. The molecule has 4 nitrogen and oxygen atoms in total. The number of hydrogen-bond donors (Lipinski definition) is 2. The summed E-state index contributed by atoms with van der Waals surface area (Å²) >= 11 is 1.49. The fourth-order valence-electron chi connectivity index (χ4n) is 8.77. The quantitative estimate of drug-likeness (QED) is 0.698. The van der Waals surface area contributed by atoms with Crippen LogP contribution in [0, 0.1) is 40.4 Å². The summed E-state index contributed by atoms with van der Waals surface area (Å²) in [6.07, 6.45) is 8.86. The van der Waals surface area contributed by atoms with E-state index >= 15 is 0 Å². The Morgan fingerprint density at radius 1 is 1.27 bits per heavy atom. The van der Waals surface area contributed by atoms with Crippen molar-refractivity contribution in [1.29, 1.82) is 0 Å². The summed E-state index contributed by atoms with van der Waals surface area (Å²) in [4.78, 5) is 24.4. The zero-order valence-electron chi connectivity index (χ0n) is 18.5. The molecule has 0 heterocycles. The fraction of sp³-hybridized carbons (Fsp3) is 0.840. The van der Waals surface area contributed by atoms with E-state index in [-0.39, 0.29) is 33.6 Å². The van der Waals surface area contributed by atoms with Crippen LogP contribution in [0.25, 0.3) is 0 Å². The minimum absolute atomic E-state index is 0.0595. The molecule has 0 amide bonds. The van der Waals surface area contributed by atoms with Gasteiger partial charge in [-0.15, -0.1) is 0 Å². The van der Waals surface area contributed by atoms with Crippen LogP contribution in [0.3, 0.4) is 0 Å². The molecule has 0 aromatic carbocycles. The summed E-state index contributed by atoms with van der Waals surface area (Å²) in [6, 6.07) is 0. The van der Waals surface area contributed by atoms with Crippen molar-refractivity contribution in [2.24, 2.45) is 40.4 Å². The SMILES string of the molecule is CC(=O)S[C@@H]1CC2=CC(=O)CC[C@]2(C)[C@H]2CC[C@@]3(C)[C@@H]([C@H]4C[C@H]4[C@@]3(O)CCCO)[C@H]12. The van der Waals surface area contributed by atoms with Crippen molar-refractivity contribution in [2.45, 2.75) is 83.0 Å².